The van der Waals surface area contributed by atoms with E-state index in [1.54, 1.807) is 0 Å². The van der Waals surface area contributed by atoms with E-state index < -0.39 is 10.0 Å². The van der Waals surface area contributed by atoms with E-state index in [-0.39, 0.29) is 28.4 Å². The first-order valence-electron chi connectivity index (χ1n) is 11.7. The minimum absolute atomic E-state index is 0.0394. The number of hydrazone groups is 1. The number of benzene rings is 1. The molecule has 0 bridgehead atoms. The normalized spacial score (nSPS) is 12.2. The summed E-state index contributed by atoms with van der Waals surface area (Å²) in [6, 6.07) is 4.03. The Hall–Kier alpha value is -2.24. The van der Waals surface area contributed by atoms with Crippen molar-refractivity contribution in [2.24, 2.45) is 15.9 Å². The van der Waals surface area contributed by atoms with E-state index in [0.717, 1.165) is 16.7 Å². The lowest BCUT2D eigenvalue weighted by atomic mass is 9.89. The Morgan fingerprint density at radius 1 is 0.788 bits per heavy atom. The minimum Gasteiger partial charge on any atom is -0.200 e. The van der Waals surface area contributed by atoms with Crippen LogP contribution in [-0.4, -0.2) is 14.1 Å². The van der Waals surface area contributed by atoms with Gasteiger partial charge in [0.2, 0.25) is 0 Å². The van der Waals surface area contributed by atoms with Crippen molar-refractivity contribution in [3.63, 3.8) is 0 Å². The summed E-state index contributed by atoms with van der Waals surface area (Å²) < 4.78 is 27.1. The molecule has 1 rings (SSSR count). The van der Waals surface area contributed by atoms with E-state index in [1.165, 1.54) is 0 Å². The Labute approximate surface area is 203 Å². The van der Waals surface area contributed by atoms with Crippen molar-refractivity contribution in [1.82, 2.24) is 4.83 Å². The van der Waals surface area contributed by atoms with E-state index in [0.29, 0.717) is 10.8 Å². The summed E-state index contributed by atoms with van der Waals surface area (Å²) in [6.45, 7) is 24.2. The highest BCUT2D eigenvalue weighted by Crippen LogP contribution is 2.35. The molecule has 0 aliphatic rings. The SMILES string of the molecule is CC(C)c1cc(C(C)C)c(S(=O)(=O)NN=C(C#CC(C)(C)C)C#CC(C)(C)C)c(C(C)C)c1. The molecule has 0 atom stereocenters. The van der Waals surface area contributed by atoms with E-state index in [4.69, 9.17) is 0 Å². The maximum absolute atomic E-state index is 13.6. The number of nitrogens with zero attached hydrogens (tertiary/aromatic N) is 1. The molecule has 1 aromatic rings. The number of hydrogen-bond acceptors (Lipinski definition) is 3. The van der Waals surface area contributed by atoms with Crippen LogP contribution < -0.4 is 4.83 Å². The molecular formula is C28H42N2O2S. The van der Waals surface area contributed by atoms with Gasteiger partial charge in [0.1, 0.15) is 0 Å². The first-order valence-corrected chi connectivity index (χ1v) is 13.2. The molecule has 1 aromatic carbocycles. The summed E-state index contributed by atoms with van der Waals surface area (Å²) in [5.41, 5.74) is 2.43. The van der Waals surface area contributed by atoms with E-state index >= 15 is 0 Å². The monoisotopic (exact) mass is 470 g/mol. The largest absolute Gasteiger partial charge is 0.277 e. The third kappa shape index (κ3) is 9.26. The third-order valence-electron chi connectivity index (χ3n) is 4.74. The average molecular weight is 471 g/mol. The van der Waals surface area contributed by atoms with Crippen molar-refractivity contribution < 1.29 is 8.42 Å². The van der Waals surface area contributed by atoms with Crippen LogP contribution in [0.3, 0.4) is 0 Å². The van der Waals surface area contributed by atoms with Gasteiger partial charge in [-0.05, 0) is 87.8 Å². The molecule has 5 heteroatoms. The molecule has 0 aromatic heterocycles. The van der Waals surface area contributed by atoms with Gasteiger partial charge in [-0.2, -0.15) is 13.2 Å². The maximum Gasteiger partial charge on any atom is 0.277 e. The molecule has 0 aliphatic heterocycles. The van der Waals surface area contributed by atoms with Crippen molar-refractivity contribution >= 4 is 15.7 Å². The van der Waals surface area contributed by atoms with Crippen LogP contribution in [0.5, 0.6) is 0 Å². The fourth-order valence-electron chi connectivity index (χ4n) is 2.93. The van der Waals surface area contributed by atoms with Gasteiger partial charge < -0.3 is 0 Å². The van der Waals surface area contributed by atoms with Gasteiger partial charge in [0.15, 0.2) is 5.71 Å². The average Bonchev–Trinajstić information content (AvgIpc) is 2.64. The standard InChI is InChI=1S/C28H42N2O2S/c1-19(2)22-17-24(20(3)4)26(25(18-22)21(5)6)33(31,32)30-29-23(13-15-27(7,8)9)14-16-28(10,11)12/h17-21,30H,1-12H3. The molecule has 0 radical (unpaired) electrons. The second-order valence-electron chi connectivity index (χ2n) is 11.5. The van der Waals surface area contributed by atoms with Crippen LogP contribution in [-0.2, 0) is 10.0 Å². The molecular weight excluding hydrogens is 428 g/mol. The molecule has 1 N–H and O–H groups in total. The summed E-state index contributed by atoms with van der Waals surface area (Å²) in [7, 11) is -3.93. The fraction of sp³-hybridized carbons (Fsp3) is 0.607. The molecule has 182 valence electrons. The van der Waals surface area contributed by atoms with E-state index in [2.05, 4.69) is 47.5 Å². The van der Waals surface area contributed by atoms with Crippen LogP contribution in [0.15, 0.2) is 22.1 Å². The number of nitrogens with one attached hydrogen (secondary N) is 1. The third-order valence-corrected chi connectivity index (χ3v) is 6.08. The van der Waals surface area contributed by atoms with Crippen LogP contribution in [0.1, 0.15) is 118 Å². The number of sulfonamides is 1. The Balaban J connectivity index is 3.70. The first kappa shape index (κ1) is 28.8. The number of hydrogen-bond donors (Lipinski definition) is 1. The predicted octanol–water partition coefficient (Wildman–Crippen LogP) is 6.79. The lowest BCUT2D eigenvalue weighted by Crippen LogP contribution is -2.24. The predicted molar refractivity (Wildman–Crippen MR) is 141 cm³/mol. The molecule has 0 fully saturated rings. The van der Waals surface area contributed by atoms with Crippen LogP contribution in [0.2, 0.25) is 0 Å². The van der Waals surface area contributed by atoms with Gasteiger partial charge >= 0.3 is 0 Å². The molecule has 0 heterocycles. The molecule has 0 spiro atoms. The Morgan fingerprint density at radius 3 is 1.48 bits per heavy atom. The van der Waals surface area contributed by atoms with Gasteiger partial charge in [0.25, 0.3) is 10.0 Å². The summed E-state index contributed by atoms with van der Waals surface area (Å²) in [4.78, 5) is 2.75. The van der Waals surface area contributed by atoms with Gasteiger partial charge in [0.05, 0.1) is 4.90 Å². The molecule has 4 nitrogen and oxygen atoms in total. The lowest BCUT2D eigenvalue weighted by Gasteiger charge is -2.22. The summed E-state index contributed by atoms with van der Waals surface area (Å²) in [5, 5.41) is 4.17. The lowest BCUT2D eigenvalue weighted by molar-refractivity contribution is 0.571. The van der Waals surface area contributed by atoms with Crippen LogP contribution in [0, 0.1) is 34.5 Å². The smallest absolute Gasteiger partial charge is 0.200 e. The zero-order valence-corrected chi connectivity index (χ0v) is 23.4. The highest BCUT2D eigenvalue weighted by Gasteiger charge is 2.27. The molecule has 0 saturated carbocycles. The zero-order chi connectivity index (χ0) is 25.8. The molecule has 0 unspecified atom stereocenters. The quantitative estimate of drug-likeness (QED) is 0.283. The fourth-order valence-corrected chi connectivity index (χ4v) is 4.44. The molecule has 0 aliphatic carbocycles. The first-order chi connectivity index (χ1) is 14.8. The van der Waals surface area contributed by atoms with Crippen LogP contribution in [0.25, 0.3) is 0 Å². The van der Waals surface area contributed by atoms with Gasteiger partial charge in [-0.1, -0.05) is 65.5 Å². The Bertz CT molecular complexity index is 1040. The molecule has 33 heavy (non-hydrogen) atoms. The van der Waals surface area contributed by atoms with Crippen molar-refractivity contribution in [2.75, 3.05) is 0 Å². The van der Waals surface area contributed by atoms with E-state index in [1.807, 2.05) is 81.4 Å². The Kier molecular flexibility index (Phi) is 9.42. The highest BCUT2D eigenvalue weighted by atomic mass is 32.2. The van der Waals surface area contributed by atoms with Crippen molar-refractivity contribution in [3.05, 3.63) is 28.8 Å². The maximum atomic E-state index is 13.6. The topological polar surface area (TPSA) is 58.5 Å². The van der Waals surface area contributed by atoms with Gasteiger partial charge in [-0.3, -0.25) is 0 Å². The molecule has 0 amide bonds. The van der Waals surface area contributed by atoms with Crippen LogP contribution >= 0.6 is 0 Å². The van der Waals surface area contributed by atoms with E-state index in [9.17, 15) is 8.42 Å². The highest BCUT2D eigenvalue weighted by molar-refractivity contribution is 7.89. The van der Waals surface area contributed by atoms with Gasteiger partial charge in [0, 0.05) is 10.8 Å². The zero-order valence-electron chi connectivity index (χ0n) is 22.6. The minimum atomic E-state index is -3.93. The summed E-state index contributed by atoms with van der Waals surface area (Å²) >= 11 is 0. The molecule has 0 saturated heterocycles. The van der Waals surface area contributed by atoms with Gasteiger partial charge in [-0.25, -0.2) is 0 Å². The van der Waals surface area contributed by atoms with Crippen molar-refractivity contribution in [1.29, 1.82) is 0 Å². The Morgan fingerprint density at radius 2 is 1.18 bits per heavy atom. The van der Waals surface area contributed by atoms with Crippen molar-refractivity contribution in [2.45, 2.75) is 106 Å². The van der Waals surface area contributed by atoms with Crippen molar-refractivity contribution in [3.8, 4) is 23.7 Å². The van der Waals surface area contributed by atoms with Crippen LogP contribution in [0.4, 0.5) is 0 Å². The number of rotatable bonds is 6. The second-order valence-corrected chi connectivity index (χ2v) is 13.1. The summed E-state index contributed by atoms with van der Waals surface area (Å²) in [5.74, 6) is 12.5. The summed E-state index contributed by atoms with van der Waals surface area (Å²) in [6.07, 6.45) is 0. The second kappa shape index (κ2) is 10.8. The van der Waals surface area contributed by atoms with Gasteiger partial charge in [-0.15, -0.1) is 5.10 Å².